The first-order chi connectivity index (χ1) is 4.85. The van der Waals surface area contributed by atoms with Gasteiger partial charge in [-0.3, -0.25) is 4.99 Å². The van der Waals surface area contributed by atoms with Crippen LogP contribution in [0, 0.1) is 0 Å². The van der Waals surface area contributed by atoms with Crippen molar-refractivity contribution in [2.24, 2.45) is 10.7 Å². The van der Waals surface area contributed by atoms with Crippen LogP contribution in [0.2, 0.25) is 0 Å². The Bertz CT molecular complexity index is 150. The Hall–Kier alpha value is -0.890. The third-order valence-corrected chi connectivity index (χ3v) is 1.11. The van der Waals surface area contributed by atoms with E-state index in [1.165, 1.54) is 0 Å². The van der Waals surface area contributed by atoms with Crippen molar-refractivity contribution in [3.05, 3.63) is 24.8 Å². The second-order valence-electron chi connectivity index (χ2n) is 1.85. The number of nitrogens with zero attached hydrogens (tertiary/aromatic N) is 1. The van der Waals surface area contributed by atoms with Gasteiger partial charge < -0.3 is 5.73 Å². The minimum absolute atomic E-state index is 0. The minimum atomic E-state index is 0. The first kappa shape index (κ1) is 9.11. The number of aliphatic imine (C=N–C) groups is 1. The Morgan fingerprint density at radius 3 is 2.90 bits per heavy atom. The number of allylic oxidation sites excluding steroid dienone is 3. The molecular formula is C8H16N2. The van der Waals surface area contributed by atoms with Crippen molar-refractivity contribution in [1.29, 1.82) is 0 Å². The number of nitrogens with two attached hydrogens (primary N) is 1. The van der Waals surface area contributed by atoms with E-state index < -0.39 is 0 Å². The zero-order chi connectivity index (χ0) is 7.82. The van der Waals surface area contributed by atoms with Crippen molar-refractivity contribution in [1.82, 2.24) is 0 Å². The Morgan fingerprint density at radius 2 is 2.50 bits per heavy atom. The van der Waals surface area contributed by atoms with Crippen LogP contribution >= 0.6 is 0 Å². The fourth-order valence-electron chi connectivity index (χ4n) is 0.597. The van der Waals surface area contributed by atoms with Crippen molar-refractivity contribution in [2.45, 2.75) is 6.42 Å². The summed E-state index contributed by atoms with van der Waals surface area (Å²) in [5.41, 5.74) is 6.35. The van der Waals surface area contributed by atoms with Crippen LogP contribution in [0.3, 0.4) is 0 Å². The Morgan fingerprint density at radius 1 is 1.80 bits per heavy atom. The number of hydrogen-bond donors (Lipinski definition) is 1. The van der Waals surface area contributed by atoms with E-state index in [2.05, 4.69) is 11.6 Å². The van der Waals surface area contributed by atoms with E-state index in [1.54, 1.807) is 13.1 Å². The predicted octanol–water partition coefficient (Wildman–Crippen LogP) is 1.39. The van der Waals surface area contributed by atoms with Gasteiger partial charge in [-0.25, -0.2) is 0 Å². The average Bonchev–Trinajstić information content (AvgIpc) is 1.98. The van der Waals surface area contributed by atoms with Crippen LogP contribution in [0.1, 0.15) is 7.85 Å². The maximum absolute atomic E-state index is 5.34. The molecule has 0 aromatic carbocycles. The van der Waals surface area contributed by atoms with E-state index in [0.29, 0.717) is 6.54 Å². The third-order valence-electron chi connectivity index (χ3n) is 1.11. The van der Waals surface area contributed by atoms with Crippen molar-refractivity contribution in [3.63, 3.8) is 0 Å². The van der Waals surface area contributed by atoms with E-state index in [4.69, 9.17) is 5.73 Å². The van der Waals surface area contributed by atoms with Gasteiger partial charge in [0.25, 0.3) is 0 Å². The molecule has 0 fully saturated rings. The van der Waals surface area contributed by atoms with Gasteiger partial charge in [-0.2, -0.15) is 0 Å². The summed E-state index contributed by atoms with van der Waals surface area (Å²) in [6.45, 7) is 4.20. The summed E-state index contributed by atoms with van der Waals surface area (Å²) in [6, 6.07) is 0. The Labute approximate surface area is 63.6 Å². The average molecular weight is 140 g/mol. The van der Waals surface area contributed by atoms with E-state index in [1.807, 2.05) is 12.2 Å². The van der Waals surface area contributed by atoms with E-state index in [9.17, 15) is 0 Å². The highest BCUT2D eigenvalue weighted by Crippen LogP contribution is 1.86. The largest absolute Gasteiger partial charge is 0.330 e. The van der Waals surface area contributed by atoms with Gasteiger partial charge in [-0.1, -0.05) is 18.7 Å². The van der Waals surface area contributed by atoms with Crippen LogP contribution in [-0.4, -0.2) is 19.3 Å². The highest BCUT2D eigenvalue weighted by atomic mass is 14.7. The molecule has 2 nitrogen and oxygen atoms in total. The molecule has 0 atom stereocenters. The SMILES string of the molecule is C=C/C=C\C(CCN)=NC.[HH]. The van der Waals surface area contributed by atoms with Crippen molar-refractivity contribution in [2.75, 3.05) is 13.6 Å². The molecule has 0 amide bonds. The van der Waals surface area contributed by atoms with Gasteiger partial charge in [0.1, 0.15) is 0 Å². The molecule has 2 heteroatoms. The van der Waals surface area contributed by atoms with E-state index in [0.717, 1.165) is 12.1 Å². The Kier molecular flexibility index (Phi) is 5.68. The summed E-state index contributed by atoms with van der Waals surface area (Å²) in [7, 11) is 1.76. The molecule has 58 valence electrons. The molecule has 2 N–H and O–H groups in total. The first-order valence-electron chi connectivity index (χ1n) is 3.30. The lowest BCUT2D eigenvalue weighted by Crippen LogP contribution is -2.05. The molecule has 0 aliphatic carbocycles. The van der Waals surface area contributed by atoms with Crippen molar-refractivity contribution < 1.29 is 1.43 Å². The van der Waals surface area contributed by atoms with Gasteiger partial charge in [0, 0.05) is 20.6 Å². The van der Waals surface area contributed by atoms with Crippen molar-refractivity contribution in [3.8, 4) is 0 Å². The highest BCUT2D eigenvalue weighted by Gasteiger charge is 1.87. The Balaban J connectivity index is 0. The molecule has 0 aliphatic heterocycles. The topological polar surface area (TPSA) is 38.4 Å². The van der Waals surface area contributed by atoms with Gasteiger partial charge in [0.2, 0.25) is 0 Å². The molecule has 0 aromatic rings. The van der Waals surface area contributed by atoms with Crippen LogP contribution in [0.5, 0.6) is 0 Å². The summed E-state index contributed by atoms with van der Waals surface area (Å²) in [5, 5.41) is 0. The van der Waals surface area contributed by atoms with E-state index in [-0.39, 0.29) is 1.43 Å². The number of hydrogen-bond acceptors (Lipinski definition) is 2. The van der Waals surface area contributed by atoms with Crippen molar-refractivity contribution >= 4 is 5.71 Å². The lowest BCUT2D eigenvalue weighted by Gasteiger charge is -1.93. The van der Waals surface area contributed by atoms with Gasteiger partial charge in [-0.15, -0.1) is 0 Å². The smallest absolute Gasteiger partial charge is 0.0357 e. The summed E-state index contributed by atoms with van der Waals surface area (Å²) in [5.74, 6) is 0. The standard InChI is InChI=1S/C8H14N2.H2/c1-3-4-5-8(10-2)6-7-9;/h3-5H,1,6-7,9H2,2H3;1H/b5-4-,10-8?;. The summed E-state index contributed by atoms with van der Waals surface area (Å²) >= 11 is 0. The van der Waals surface area contributed by atoms with Crippen LogP contribution in [0.15, 0.2) is 29.8 Å². The molecule has 0 rings (SSSR count). The van der Waals surface area contributed by atoms with Crippen LogP contribution in [0.25, 0.3) is 0 Å². The maximum Gasteiger partial charge on any atom is 0.0357 e. The number of rotatable bonds is 4. The quantitative estimate of drug-likeness (QED) is 0.465. The molecule has 0 heterocycles. The lowest BCUT2D eigenvalue weighted by atomic mass is 10.2. The fourth-order valence-corrected chi connectivity index (χ4v) is 0.597. The maximum atomic E-state index is 5.34. The molecule has 0 saturated carbocycles. The molecule has 0 spiro atoms. The molecule has 0 aliphatic rings. The summed E-state index contributed by atoms with van der Waals surface area (Å²) in [6.07, 6.45) is 6.33. The molecule has 10 heavy (non-hydrogen) atoms. The normalized spacial score (nSPS) is 12.4. The van der Waals surface area contributed by atoms with Gasteiger partial charge in [0.15, 0.2) is 0 Å². The van der Waals surface area contributed by atoms with Crippen LogP contribution < -0.4 is 5.73 Å². The second kappa shape index (κ2) is 6.23. The van der Waals surface area contributed by atoms with Gasteiger partial charge >= 0.3 is 0 Å². The monoisotopic (exact) mass is 140 g/mol. The zero-order valence-electron chi connectivity index (χ0n) is 6.38. The lowest BCUT2D eigenvalue weighted by molar-refractivity contribution is 1.04. The van der Waals surface area contributed by atoms with Crippen LogP contribution in [0.4, 0.5) is 0 Å². The second-order valence-corrected chi connectivity index (χ2v) is 1.85. The van der Waals surface area contributed by atoms with Gasteiger partial charge in [-0.05, 0) is 12.6 Å². The first-order valence-corrected chi connectivity index (χ1v) is 3.30. The molecule has 0 unspecified atom stereocenters. The highest BCUT2D eigenvalue weighted by molar-refractivity contribution is 5.95. The minimum Gasteiger partial charge on any atom is -0.330 e. The molecule has 0 radical (unpaired) electrons. The third kappa shape index (κ3) is 4.04. The molecule has 0 saturated heterocycles. The predicted molar refractivity (Wildman–Crippen MR) is 48.5 cm³/mol. The van der Waals surface area contributed by atoms with Gasteiger partial charge in [0.05, 0.1) is 0 Å². The van der Waals surface area contributed by atoms with E-state index >= 15 is 0 Å². The summed E-state index contributed by atoms with van der Waals surface area (Å²) in [4.78, 5) is 4.02. The fraction of sp³-hybridized carbons (Fsp3) is 0.375. The molecular weight excluding hydrogens is 124 g/mol. The summed E-state index contributed by atoms with van der Waals surface area (Å²) < 4.78 is 0. The molecule has 0 bridgehead atoms. The zero-order valence-corrected chi connectivity index (χ0v) is 6.38. The van der Waals surface area contributed by atoms with Crippen LogP contribution in [-0.2, 0) is 0 Å². The molecule has 0 aromatic heterocycles.